The molecule has 0 fully saturated rings. The molecular formula is C23H24N2O3. The van der Waals surface area contributed by atoms with Crippen molar-refractivity contribution in [3.8, 4) is 0 Å². The predicted octanol–water partition coefficient (Wildman–Crippen LogP) is 3.19. The minimum atomic E-state index is -0.431. The Balaban J connectivity index is 1.45. The van der Waals surface area contributed by atoms with Gasteiger partial charge in [-0.15, -0.1) is 0 Å². The van der Waals surface area contributed by atoms with Crippen LogP contribution in [0.15, 0.2) is 48.5 Å². The van der Waals surface area contributed by atoms with Crippen molar-refractivity contribution in [3.05, 3.63) is 70.8 Å². The van der Waals surface area contributed by atoms with E-state index in [4.69, 9.17) is 0 Å². The zero-order valence-corrected chi connectivity index (χ0v) is 16.0. The molecule has 2 aliphatic carbocycles. The Labute approximate surface area is 164 Å². The summed E-state index contributed by atoms with van der Waals surface area (Å²) < 4.78 is 0. The smallest absolute Gasteiger partial charge is 0.238 e. The molecule has 0 saturated heterocycles. The lowest BCUT2D eigenvalue weighted by molar-refractivity contribution is -0.145. The Bertz CT molecular complexity index is 924. The number of amides is 3. The molecule has 0 aromatic heterocycles. The van der Waals surface area contributed by atoms with Crippen molar-refractivity contribution in [1.29, 1.82) is 0 Å². The van der Waals surface area contributed by atoms with Crippen molar-refractivity contribution in [1.82, 2.24) is 9.80 Å². The van der Waals surface area contributed by atoms with Gasteiger partial charge in [-0.1, -0.05) is 48.5 Å². The second kappa shape index (κ2) is 7.58. The summed E-state index contributed by atoms with van der Waals surface area (Å²) >= 11 is 0. The van der Waals surface area contributed by atoms with Gasteiger partial charge in [0.25, 0.3) is 0 Å². The van der Waals surface area contributed by atoms with Crippen LogP contribution >= 0.6 is 0 Å². The van der Waals surface area contributed by atoms with Gasteiger partial charge in [0.2, 0.25) is 18.2 Å². The summed E-state index contributed by atoms with van der Waals surface area (Å²) in [6, 6.07) is 15.7. The number of imide groups is 1. The highest BCUT2D eigenvalue weighted by molar-refractivity contribution is 6.00. The third-order valence-corrected chi connectivity index (χ3v) is 6.10. The highest BCUT2D eigenvalue weighted by Gasteiger charge is 2.34. The SMILES string of the molecule is CN(C(=O)CC(=O)N(C=O)C1CCc2ccccc21)C1CCc2ccccc21. The lowest BCUT2D eigenvalue weighted by atomic mass is 10.1. The molecule has 2 atom stereocenters. The Morgan fingerprint density at radius 3 is 2.04 bits per heavy atom. The normalized spacial score (nSPS) is 19.6. The zero-order chi connectivity index (χ0) is 19.7. The first-order valence-corrected chi connectivity index (χ1v) is 9.78. The molecule has 2 unspecified atom stereocenters. The van der Waals surface area contributed by atoms with E-state index < -0.39 is 5.91 Å². The fourth-order valence-corrected chi connectivity index (χ4v) is 4.59. The summed E-state index contributed by atoms with van der Waals surface area (Å²) in [6.45, 7) is 0. The molecule has 28 heavy (non-hydrogen) atoms. The molecule has 5 heteroatoms. The Morgan fingerprint density at radius 1 is 0.893 bits per heavy atom. The molecule has 0 bridgehead atoms. The van der Waals surface area contributed by atoms with Crippen LogP contribution in [0.4, 0.5) is 0 Å². The van der Waals surface area contributed by atoms with E-state index in [1.807, 2.05) is 42.5 Å². The molecule has 0 saturated carbocycles. The van der Waals surface area contributed by atoms with Crippen LogP contribution in [-0.4, -0.2) is 35.1 Å². The maximum atomic E-state index is 12.8. The molecule has 3 amide bonds. The molecule has 5 nitrogen and oxygen atoms in total. The fraction of sp³-hybridized carbons (Fsp3) is 0.348. The third kappa shape index (κ3) is 3.21. The van der Waals surface area contributed by atoms with Gasteiger partial charge in [-0.05, 0) is 47.9 Å². The fourth-order valence-electron chi connectivity index (χ4n) is 4.59. The van der Waals surface area contributed by atoms with Gasteiger partial charge in [0.1, 0.15) is 6.42 Å². The molecule has 0 N–H and O–H groups in total. The number of fused-ring (bicyclic) bond motifs is 2. The van der Waals surface area contributed by atoms with Crippen LogP contribution in [-0.2, 0) is 27.2 Å². The summed E-state index contributed by atoms with van der Waals surface area (Å²) in [5.41, 5.74) is 4.59. The number of hydrogen-bond acceptors (Lipinski definition) is 3. The van der Waals surface area contributed by atoms with Gasteiger partial charge < -0.3 is 4.90 Å². The van der Waals surface area contributed by atoms with Crippen molar-refractivity contribution < 1.29 is 14.4 Å². The lowest BCUT2D eigenvalue weighted by Crippen LogP contribution is -2.38. The number of hydrogen-bond donors (Lipinski definition) is 0. The summed E-state index contributed by atoms with van der Waals surface area (Å²) in [4.78, 5) is 40.2. The van der Waals surface area contributed by atoms with Crippen LogP contribution in [0.2, 0.25) is 0 Å². The van der Waals surface area contributed by atoms with E-state index in [9.17, 15) is 14.4 Å². The largest absolute Gasteiger partial charge is 0.338 e. The summed E-state index contributed by atoms with van der Waals surface area (Å²) in [6.07, 6.45) is 3.64. The Hall–Kier alpha value is -2.95. The predicted molar refractivity (Wildman–Crippen MR) is 105 cm³/mol. The van der Waals surface area contributed by atoms with Crippen molar-refractivity contribution in [3.63, 3.8) is 0 Å². The van der Waals surface area contributed by atoms with Crippen LogP contribution < -0.4 is 0 Å². The second-order valence-electron chi connectivity index (χ2n) is 7.59. The van der Waals surface area contributed by atoms with Crippen molar-refractivity contribution in [2.45, 2.75) is 44.2 Å². The minimum Gasteiger partial charge on any atom is -0.338 e. The maximum absolute atomic E-state index is 12.8. The van der Waals surface area contributed by atoms with E-state index in [1.165, 1.54) is 10.5 Å². The van der Waals surface area contributed by atoms with E-state index in [2.05, 4.69) is 6.07 Å². The molecule has 144 valence electrons. The first kappa shape index (κ1) is 18.4. The van der Waals surface area contributed by atoms with Crippen molar-refractivity contribution in [2.24, 2.45) is 0 Å². The van der Waals surface area contributed by atoms with Gasteiger partial charge in [-0.2, -0.15) is 0 Å². The number of benzene rings is 2. The van der Waals surface area contributed by atoms with Crippen molar-refractivity contribution in [2.75, 3.05) is 7.05 Å². The van der Waals surface area contributed by atoms with E-state index >= 15 is 0 Å². The number of aryl methyl sites for hydroxylation is 2. The number of carbonyl (C=O) groups is 3. The zero-order valence-electron chi connectivity index (χ0n) is 16.0. The number of nitrogens with zero attached hydrogens (tertiary/aromatic N) is 2. The van der Waals surface area contributed by atoms with E-state index in [1.54, 1.807) is 11.9 Å². The molecule has 0 heterocycles. The molecule has 0 aliphatic heterocycles. The monoisotopic (exact) mass is 376 g/mol. The van der Waals surface area contributed by atoms with Gasteiger partial charge in [0.15, 0.2) is 0 Å². The maximum Gasteiger partial charge on any atom is 0.238 e. The quantitative estimate of drug-likeness (QED) is 0.595. The second-order valence-corrected chi connectivity index (χ2v) is 7.59. The van der Waals surface area contributed by atoms with E-state index in [-0.39, 0.29) is 24.4 Å². The molecular weight excluding hydrogens is 352 g/mol. The average Bonchev–Trinajstić information content (AvgIpc) is 3.33. The minimum absolute atomic E-state index is 0.00612. The number of carbonyl (C=O) groups excluding carboxylic acids is 3. The van der Waals surface area contributed by atoms with Crippen LogP contribution in [0.5, 0.6) is 0 Å². The van der Waals surface area contributed by atoms with Gasteiger partial charge in [-0.3, -0.25) is 19.3 Å². The highest BCUT2D eigenvalue weighted by Crippen LogP contribution is 2.37. The molecule has 0 spiro atoms. The lowest BCUT2D eigenvalue weighted by Gasteiger charge is -2.28. The summed E-state index contributed by atoms with van der Waals surface area (Å²) in [5.74, 6) is -0.676. The van der Waals surface area contributed by atoms with E-state index in [0.717, 1.165) is 36.0 Å². The average molecular weight is 376 g/mol. The van der Waals surface area contributed by atoms with Gasteiger partial charge in [0, 0.05) is 7.05 Å². The molecule has 2 aromatic carbocycles. The summed E-state index contributed by atoms with van der Waals surface area (Å²) in [5, 5.41) is 0. The Morgan fingerprint density at radius 2 is 1.43 bits per heavy atom. The molecule has 4 rings (SSSR count). The summed E-state index contributed by atoms with van der Waals surface area (Å²) in [7, 11) is 1.75. The van der Waals surface area contributed by atoms with E-state index in [0.29, 0.717) is 12.8 Å². The topological polar surface area (TPSA) is 57.7 Å². The van der Waals surface area contributed by atoms with Crippen LogP contribution in [0.1, 0.15) is 53.6 Å². The number of rotatable bonds is 5. The Kier molecular flexibility index (Phi) is 4.99. The molecule has 2 aromatic rings. The molecule has 0 radical (unpaired) electrons. The van der Waals surface area contributed by atoms with Crippen LogP contribution in [0.25, 0.3) is 0 Å². The van der Waals surface area contributed by atoms with Gasteiger partial charge >= 0.3 is 0 Å². The first-order chi connectivity index (χ1) is 13.6. The first-order valence-electron chi connectivity index (χ1n) is 9.78. The highest BCUT2D eigenvalue weighted by atomic mass is 16.2. The van der Waals surface area contributed by atoms with Crippen LogP contribution in [0.3, 0.4) is 0 Å². The van der Waals surface area contributed by atoms with Gasteiger partial charge in [-0.25, -0.2) is 0 Å². The van der Waals surface area contributed by atoms with Crippen LogP contribution in [0, 0.1) is 0 Å². The third-order valence-electron chi connectivity index (χ3n) is 6.10. The van der Waals surface area contributed by atoms with Gasteiger partial charge in [0.05, 0.1) is 12.1 Å². The molecule has 2 aliphatic rings. The van der Waals surface area contributed by atoms with Crippen molar-refractivity contribution >= 4 is 18.2 Å². The standard InChI is InChI=1S/C23H24N2O3/c1-24(20-12-10-16-6-2-4-8-18(16)20)22(27)14-23(28)25(15-26)21-13-11-17-7-3-5-9-19(17)21/h2-9,15,20-21H,10-14H2,1H3.